The maximum absolute atomic E-state index is 11.9. The van der Waals surface area contributed by atoms with E-state index in [0.717, 1.165) is 0 Å². The van der Waals surface area contributed by atoms with Gasteiger partial charge in [-0.2, -0.15) is 13.2 Å². The van der Waals surface area contributed by atoms with Gasteiger partial charge in [0.1, 0.15) is 5.75 Å². The number of primary amides is 1. The molecule has 4 nitrogen and oxygen atoms in total. The van der Waals surface area contributed by atoms with Gasteiger partial charge in [-0.25, -0.2) is 0 Å². The van der Waals surface area contributed by atoms with E-state index in [4.69, 9.17) is 5.73 Å². The van der Waals surface area contributed by atoms with Gasteiger partial charge < -0.3 is 10.5 Å². The summed E-state index contributed by atoms with van der Waals surface area (Å²) < 4.78 is 40.2. The Kier molecular flexibility index (Phi) is 4.52. The second-order valence-electron chi connectivity index (χ2n) is 3.89. The minimum absolute atomic E-state index is 0.0300. The number of alkyl halides is 3. The quantitative estimate of drug-likeness (QED) is 0.882. The zero-order valence-corrected chi connectivity index (χ0v) is 9.70. The van der Waals surface area contributed by atoms with Crippen molar-refractivity contribution in [3.63, 3.8) is 0 Å². The fraction of sp³-hybridized carbons (Fsp3) is 0.455. The Morgan fingerprint density at radius 1 is 1.50 bits per heavy atom. The van der Waals surface area contributed by atoms with Crippen molar-refractivity contribution >= 4 is 5.91 Å². The first kappa shape index (κ1) is 14.3. The topological polar surface area (TPSA) is 65.2 Å². The monoisotopic (exact) mass is 262 g/mol. The average Bonchev–Trinajstić information content (AvgIpc) is 2.25. The second kappa shape index (κ2) is 5.70. The van der Waals surface area contributed by atoms with Crippen LogP contribution in [0.5, 0.6) is 5.75 Å². The molecule has 1 atom stereocenters. The van der Waals surface area contributed by atoms with Crippen LogP contribution in [0, 0.1) is 0 Å². The van der Waals surface area contributed by atoms with Crippen LogP contribution in [-0.4, -0.2) is 23.7 Å². The van der Waals surface area contributed by atoms with E-state index < -0.39 is 18.7 Å². The SMILES string of the molecule is C[C@H](CC(N)=O)c1ccc(OCC(F)(F)F)cn1. The third-order valence-electron chi connectivity index (χ3n) is 2.17. The normalized spacial score (nSPS) is 13.1. The standard InChI is InChI=1S/C11H13F3N2O2/c1-7(4-10(15)17)9-3-2-8(5-16-9)18-6-11(12,13)14/h2-3,5,7H,4,6H2,1H3,(H2,15,17)/t7-/m1/s1. The van der Waals surface area contributed by atoms with Crippen LogP contribution in [0.15, 0.2) is 18.3 Å². The summed E-state index contributed by atoms with van der Waals surface area (Å²) in [5.74, 6) is -0.608. The summed E-state index contributed by atoms with van der Waals surface area (Å²) in [5, 5.41) is 0. The van der Waals surface area contributed by atoms with E-state index in [0.29, 0.717) is 5.69 Å². The van der Waals surface area contributed by atoms with Crippen molar-refractivity contribution < 1.29 is 22.7 Å². The molecule has 1 aromatic heterocycles. The van der Waals surface area contributed by atoms with Crippen molar-refractivity contribution in [2.24, 2.45) is 5.73 Å². The molecule has 7 heteroatoms. The van der Waals surface area contributed by atoms with Crippen LogP contribution >= 0.6 is 0 Å². The van der Waals surface area contributed by atoms with Crippen LogP contribution in [0.4, 0.5) is 13.2 Å². The molecule has 0 aliphatic heterocycles. The van der Waals surface area contributed by atoms with Gasteiger partial charge in [0.05, 0.1) is 6.20 Å². The molecule has 2 N–H and O–H groups in total. The van der Waals surface area contributed by atoms with Crippen molar-refractivity contribution in [2.75, 3.05) is 6.61 Å². The third-order valence-corrected chi connectivity index (χ3v) is 2.17. The number of pyridine rings is 1. The van der Waals surface area contributed by atoms with Gasteiger partial charge >= 0.3 is 6.18 Å². The maximum atomic E-state index is 11.9. The number of rotatable bonds is 5. The van der Waals surface area contributed by atoms with E-state index >= 15 is 0 Å². The lowest BCUT2D eigenvalue weighted by molar-refractivity contribution is -0.153. The average molecular weight is 262 g/mol. The first-order chi connectivity index (χ1) is 8.28. The smallest absolute Gasteiger partial charge is 0.422 e. The van der Waals surface area contributed by atoms with Crippen LogP contribution in [0.2, 0.25) is 0 Å². The van der Waals surface area contributed by atoms with Gasteiger partial charge in [-0.3, -0.25) is 9.78 Å². The largest absolute Gasteiger partial charge is 0.483 e. The molecular formula is C11H13F3N2O2. The Labute approximate surface area is 102 Å². The molecule has 1 amide bonds. The van der Waals surface area contributed by atoms with Crippen molar-refractivity contribution in [2.45, 2.75) is 25.4 Å². The van der Waals surface area contributed by atoms with E-state index in [-0.39, 0.29) is 18.1 Å². The molecule has 0 saturated carbocycles. The van der Waals surface area contributed by atoms with Gasteiger partial charge in [-0.05, 0) is 12.1 Å². The molecule has 18 heavy (non-hydrogen) atoms. The zero-order valence-electron chi connectivity index (χ0n) is 9.70. The van der Waals surface area contributed by atoms with Gasteiger partial charge in [0, 0.05) is 18.0 Å². The number of amides is 1. The molecule has 100 valence electrons. The highest BCUT2D eigenvalue weighted by Gasteiger charge is 2.28. The number of aromatic nitrogens is 1. The Morgan fingerprint density at radius 2 is 2.17 bits per heavy atom. The number of ether oxygens (including phenoxy) is 1. The molecule has 0 aliphatic carbocycles. The van der Waals surface area contributed by atoms with Gasteiger partial charge in [-0.15, -0.1) is 0 Å². The molecule has 0 spiro atoms. The van der Waals surface area contributed by atoms with Crippen molar-refractivity contribution in [3.8, 4) is 5.75 Å². The molecule has 0 unspecified atom stereocenters. The number of carbonyl (C=O) groups excluding carboxylic acids is 1. The van der Waals surface area contributed by atoms with Crippen LogP contribution in [0.3, 0.4) is 0 Å². The lowest BCUT2D eigenvalue weighted by Gasteiger charge is -2.11. The molecular weight excluding hydrogens is 249 g/mol. The Hall–Kier alpha value is -1.79. The number of halogens is 3. The summed E-state index contributed by atoms with van der Waals surface area (Å²) in [5.41, 5.74) is 5.62. The minimum atomic E-state index is -4.38. The number of nitrogens with zero attached hydrogens (tertiary/aromatic N) is 1. The van der Waals surface area contributed by atoms with Gasteiger partial charge in [-0.1, -0.05) is 6.92 Å². The molecule has 1 aromatic rings. The van der Waals surface area contributed by atoms with E-state index in [2.05, 4.69) is 9.72 Å². The van der Waals surface area contributed by atoms with E-state index in [1.54, 1.807) is 6.92 Å². The molecule has 1 heterocycles. The molecule has 0 fully saturated rings. The minimum Gasteiger partial charge on any atom is -0.483 e. The second-order valence-corrected chi connectivity index (χ2v) is 3.89. The summed E-state index contributed by atoms with van der Waals surface area (Å²) in [7, 11) is 0. The molecule has 0 aliphatic rings. The maximum Gasteiger partial charge on any atom is 0.422 e. The zero-order chi connectivity index (χ0) is 13.8. The molecule has 0 radical (unpaired) electrons. The summed E-state index contributed by atoms with van der Waals surface area (Å²) in [6.07, 6.45) is -3.05. The lowest BCUT2D eigenvalue weighted by Crippen LogP contribution is -2.19. The van der Waals surface area contributed by atoms with Crippen LogP contribution in [-0.2, 0) is 4.79 Å². The Morgan fingerprint density at radius 3 is 2.61 bits per heavy atom. The van der Waals surface area contributed by atoms with Gasteiger partial charge in [0.25, 0.3) is 0 Å². The molecule has 0 aromatic carbocycles. The van der Waals surface area contributed by atoms with E-state index in [9.17, 15) is 18.0 Å². The Balaban J connectivity index is 2.60. The highest BCUT2D eigenvalue weighted by Crippen LogP contribution is 2.21. The van der Waals surface area contributed by atoms with Crippen LogP contribution in [0.1, 0.15) is 25.0 Å². The summed E-state index contributed by atoms with van der Waals surface area (Å²) in [4.78, 5) is 14.6. The fourth-order valence-corrected chi connectivity index (χ4v) is 1.34. The van der Waals surface area contributed by atoms with Crippen molar-refractivity contribution in [1.82, 2.24) is 4.98 Å². The number of carbonyl (C=O) groups is 1. The molecule has 0 saturated heterocycles. The fourth-order valence-electron chi connectivity index (χ4n) is 1.34. The van der Waals surface area contributed by atoms with Crippen molar-refractivity contribution in [3.05, 3.63) is 24.0 Å². The predicted molar refractivity (Wildman–Crippen MR) is 58.0 cm³/mol. The molecule has 1 rings (SSSR count). The molecule has 0 bridgehead atoms. The number of nitrogens with two attached hydrogens (primary N) is 1. The van der Waals surface area contributed by atoms with Crippen LogP contribution in [0.25, 0.3) is 0 Å². The highest BCUT2D eigenvalue weighted by atomic mass is 19.4. The Bertz CT molecular complexity index is 404. The first-order valence-corrected chi connectivity index (χ1v) is 5.22. The number of hydrogen-bond acceptors (Lipinski definition) is 3. The van der Waals surface area contributed by atoms with E-state index in [1.807, 2.05) is 0 Å². The first-order valence-electron chi connectivity index (χ1n) is 5.22. The predicted octanol–water partition coefficient (Wildman–Crippen LogP) is 2.00. The van der Waals surface area contributed by atoms with Crippen LogP contribution < -0.4 is 10.5 Å². The summed E-state index contributed by atoms with van der Waals surface area (Å²) in [6, 6.07) is 2.89. The summed E-state index contributed by atoms with van der Waals surface area (Å²) >= 11 is 0. The van der Waals surface area contributed by atoms with Crippen molar-refractivity contribution in [1.29, 1.82) is 0 Å². The third kappa shape index (κ3) is 5.03. The summed E-state index contributed by atoms with van der Waals surface area (Å²) in [6.45, 7) is 0.397. The van der Waals surface area contributed by atoms with Gasteiger partial charge in [0.15, 0.2) is 6.61 Å². The lowest BCUT2D eigenvalue weighted by atomic mass is 10.0. The number of hydrogen-bond donors (Lipinski definition) is 1. The van der Waals surface area contributed by atoms with Gasteiger partial charge in [0.2, 0.25) is 5.91 Å². The highest BCUT2D eigenvalue weighted by molar-refractivity contribution is 5.74. The van der Waals surface area contributed by atoms with E-state index in [1.165, 1.54) is 18.3 Å².